The number of methoxy groups -OCH3 is 1. The Bertz CT molecular complexity index is 639. The lowest BCUT2D eigenvalue weighted by Gasteiger charge is -2.06. The first-order valence-electron chi connectivity index (χ1n) is 5.90. The van der Waals surface area contributed by atoms with Crippen molar-refractivity contribution in [2.75, 3.05) is 24.8 Å². The normalized spacial score (nSPS) is 9.95. The lowest BCUT2D eigenvalue weighted by Crippen LogP contribution is -2.13. The third-order valence-electron chi connectivity index (χ3n) is 2.45. The Labute approximate surface area is 124 Å². The van der Waals surface area contributed by atoms with E-state index in [1.165, 1.54) is 18.4 Å². The van der Waals surface area contributed by atoms with E-state index in [0.29, 0.717) is 16.6 Å². The molecule has 8 heteroatoms. The van der Waals surface area contributed by atoms with E-state index in [2.05, 4.69) is 15.0 Å². The fraction of sp³-hybridized carbons (Fsp3) is 0.154. The molecule has 1 heterocycles. The van der Waals surface area contributed by atoms with Crippen LogP contribution >= 0.6 is 11.3 Å². The van der Waals surface area contributed by atoms with E-state index in [0.717, 1.165) is 0 Å². The Kier molecular flexibility index (Phi) is 4.72. The lowest BCUT2D eigenvalue weighted by molar-refractivity contribution is -0.142. The van der Waals surface area contributed by atoms with Crippen LogP contribution in [0.4, 0.5) is 10.8 Å². The topological polar surface area (TPSA) is 104 Å². The molecule has 0 unspecified atom stereocenters. The molecule has 110 valence electrons. The van der Waals surface area contributed by atoms with Gasteiger partial charge in [0.2, 0.25) is 0 Å². The number of anilines is 2. The second kappa shape index (κ2) is 6.71. The van der Waals surface area contributed by atoms with Crippen LogP contribution in [0.1, 0.15) is 10.5 Å². The van der Waals surface area contributed by atoms with Gasteiger partial charge in [-0.3, -0.25) is 4.79 Å². The quantitative estimate of drug-likeness (QED) is 0.812. The van der Waals surface area contributed by atoms with Crippen LogP contribution in [0.15, 0.2) is 29.6 Å². The summed E-state index contributed by atoms with van der Waals surface area (Å²) in [6.45, 7) is -0.166. The smallest absolute Gasteiger partial charge is 0.343 e. The van der Waals surface area contributed by atoms with Crippen molar-refractivity contribution >= 4 is 34.0 Å². The van der Waals surface area contributed by atoms with E-state index >= 15 is 0 Å². The van der Waals surface area contributed by atoms with Gasteiger partial charge in [0.15, 0.2) is 11.7 Å². The average molecular weight is 307 g/mol. The number of hydrogen-bond donors (Lipinski definition) is 2. The number of esters is 1. The van der Waals surface area contributed by atoms with Crippen molar-refractivity contribution in [3.63, 3.8) is 0 Å². The summed E-state index contributed by atoms with van der Waals surface area (Å²) in [7, 11) is 1.29. The van der Waals surface area contributed by atoms with Crippen LogP contribution in [0.25, 0.3) is 0 Å². The number of nitrogens with one attached hydrogen (secondary N) is 1. The Hall–Kier alpha value is -2.61. The van der Waals surface area contributed by atoms with Gasteiger partial charge in [-0.1, -0.05) is 0 Å². The number of hydrogen-bond acceptors (Lipinski definition) is 7. The summed E-state index contributed by atoms with van der Waals surface area (Å²) in [4.78, 5) is 26.7. The van der Waals surface area contributed by atoms with Crippen molar-refractivity contribution in [3.8, 4) is 5.75 Å². The minimum atomic E-state index is -0.464. The van der Waals surface area contributed by atoms with Crippen molar-refractivity contribution in [1.82, 2.24) is 4.98 Å². The minimum absolute atomic E-state index is 0.166. The maximum Gasteiger partial charge on any atom is 0.343 e. The van der Waals surface area contributed by atoms with Gasteiger partial charge in [0.25, 0.3) is 5.91 Å². The molecule has 0 radical (unpaired) electrons. The number of nitrogens with two attached hydrogens (primary N) is 1. The van der Waals surface area contributed by atoms with Crippen LogP contribution < -0.4 is 15.8 Å². The molecule has 2 rings (SSSR count). The van der Waals surface area contributed by atoms with Crippen LogP contribution in [0.3, 0.4) is 0 Å². The fourth-order valence-electron chi connectivity index (χ4n) is 1.42. The van der Waals surface area contributed by atoms with Gasteiger partial charge < -0.3 is 20.5 Å². The van der Waals surface area contributed by atoms with Crippen molar-refractivity contribution < 1.29 is 19.1 Å². The van der Waals surface area contributed by atoms with Crippen molar-refractivity contribution in [2.45, 2.75) is 0 Å². The zero-order valence-corrected chi connectivity index (χ0v) is 12.0. The van der Waals surface area contributed by atoms with E-state index in [1.807, 2.05) is 0 Å². The molecular weight excluding hydrogens is 294 g/mol. The molecule has 0 fully saturated rings. The van der Waals surface area contributed by atoms with Crippen LogP contribution in [0, 0.1) is 0 Å². The second-order valence-corrected chi connectivity index (χ2v) is 4.80. The number of benzene rings is 1. The molecule has 0 aliphatic carbocycles. The average Bonchev–Trinajstić information content (AvgIpc) is 2.93. The molecule has 21 heavy (non-hydrogen) atoms. The first-order chi connectivity index (χ1) is 10.1. The van der Waals surface area contributed by atoms with E-state index in [4.69, 9.17) is 10.5 Å². The SMILES string of the molecule is COC(=O)COc1ccc(NC(=O)c2csc(N)n2)cc1. The first-order valence-corrected chi connectivity index (χ1v) is 6.78. The molecule has 0 aliphatic rings. The molecule has 1 amide bonds. The highest BCUT2D eigenvalue weighted by Gasteiger charge is 2.10. The van der Waals surface area contributed by atoms with E-state index in [-0.39, 0.29) is 18.2 Å². The second-order valence-electron chi connectivity index (χ2n) is 3.91. The zero-order chi connectivity index (χ0) is 15.2. The number of aromatic nitrogens is 1. The van der Waals surface area contributed by atoms with Crippen LogP contribution in [0.5, 0.6) is 5.75 Å². The van der Waals surface area contributed by atoms with E-state index in [1.54, 1.807) is 29.6 Å². The number of rotatable bonds is 5. The summed E-state index contributed by atoms with van der Waals surface area (Å²) >= 11 is 1.20. The molecule has 7 nitrogen and oxygen atoms in total. The summed E-state index contributed by atoms with van der Waals surface area (Å²) in [6.07, 6.45) is 0. The number of amides is 1. The standard InChI is InChI=1S/C13H13N3O4S/c1-19-11(17)6-20-9-4-2-8(3-5-9)15-12(18)10-7-21-13(14)16-10/h2-5,7H,6H2,1H3,(H2,14,16)(H,15,18). The van der Waals surface area contributed by atoms with Gasteiger partial charge in [-0.05, 0) is 24.3 Å². The number of thiazole rings is 1. The van der Waals surface area contributed by atoms with Gasteiger partial charge in [0, 0.05) is 11.1 Å². The van der Waals surface area contributed by atoms with Gasteiger partial charge in [-0.25, -0.2) is 9.78 Å². The Balaban J connectivity index is 1.93. The summed E-state index contributed by atoms with van der Waals surface area (Å²) in [5, 5.41) is 4.60. The maximum absolute atomic E-state index is 11.9. The number of carbonyl (C=O) groups excluding carboxylic acids is 2. The summed E-state index contributed by atoms with van der Waals surface area (Å²) in [6, 6.07) is 6.57. The summed E-state index contributed by atoms with van der Waals surface area (Å²) in [5.74, 6) is -0.309. The third kappa shape index (κ3) is 4.18. The van der Waals surface area contributed by atoms with Crippen molar-refractivity contribution in [2.24, 2.45) is 0 Å². The number of nitrogens with zero attached hydrogens (tertiary/aromatic N) is 1. The van der Waals surface area contributed by atoms with Crippen molar-refractivity contribution in [1.29, 1.82) is 0 Å². The van der Waals surface area contributed by atoms with Crippen LogP contribution in [-0.4, -0.2) is 30.6 Å². The summed E-state index contributed by atoms with van der Waals surface area (Å²) < 4.78 is 9.65. The Morgan fingerprint density at radius 1 is 1.33 bits per heavy atom. The minimum Gasteiger partial charge on any atom is -0.482 e. The monoisotopic (exact) mass is 307 g/mol. The molecule has 0 spiro atoms. The zero-order valence-electron chi connectivity index (χ0n) is 11.2. The van der Waals surface area contributed by atoms with Gasteiger partial charge in [0.1, 0.15) is 11.4 Å². The van der Waals surface area contributed by atoms with Gasteiger partial charge >= 0.3 is 5.97 Å². The van der Waals surface area contributed by atoms with Crippen molar-refractivity contribution in [3.05, 3.63) is 35.3 Å². The Morgan fingerprint density at radius 2 is 2.05 bits per heavy atom. The molecule has 1 aromatic carbocycles. The number of carbonyl (C=O) groups is 2. The highest BCUT2D eigenvalue weighted by Crippen LogP contribution is 2.17. The first kappa shape index (κ1) is 14.8. The largest absolute Gasteiger partial charge is 0.482 e. The maximum atomic E-state index is 11.9. The molecule has 0 saturated carbocycles. The molecule has 2 aromatic rings. The predicted octanol–water partition coefficient (Wildman–Crippen LogP) is 1.53. The molecule has 1 aromatic heterocycles. The highest BCUT2D eigenvalue weighted by molar-refractivity contribution is 7.13. The molecule has 0 saturated heterocycles. The van der Waals surface area contributed by atoms with Crippen LogP contribution in [-0.2, 0) is 9.53 Å². The van der Waals surface area contributed by atoms with Gasteiger partial charge in [-0.15, -0.1) is 11.3 Å². The number of ether oxygens (including phenoxy) is 2. The van der Waals surface area contributed by atoms with E-state index in [9.17, 15) is 9.59 Å². The summed E-state index contributed by atoms with van der Waals surface area (Å²) in [5.41, 5.74) is 6.32. The fourth-order valence-corrected chi connectivity index (χ4v) is 1.97. The Morgan fingerprint density at radius 3 is 2.62 bits per heavy atom. The third-order valence-corrected chi connectivity index (χ3v) is 3.13. The lowest BCUT2D eigenvalue weighted by atomic mass is 10.3. The number of nitrogen functional groups attached to an aromatic ring is 1. The van der Waals surface area contributed by atoms with Crippen LogP contribution in [0.2, 0.25) is 0 Å². The molecule has 0 aliphatic heterocycles. The highest BCUT2D eigenvalue weighted by atomic mass is 32.1. The molecule has 0 atom stereocenters. The molecule has 3 N–H and O–H groups in total. The molecule has 0 bridgehead atoms. The predicted molar refractivity (Wildman–Crippen MR) is 78.4 cm³/mol. The molecular formula is C13H13N3O4S. The van der Waals surface area contributed by atoms with E-state index < -0.39 is 5.97 Å². The van der Waals surface area contributed by atoms with Gasteiger partial charge in [0.05, 0.1) is 7.11 Å². The van der Waals surface area contributed by atoms with Gasteiger partial charge in [-0.2, -0.15) is 0 Å².